The normalized spacial score (nSPS) is 11.7. The van der Waals surface area contributed by atoms with E-state index >= 15 is 0 Å². The number of amides is 1. The fourth-order valence-corrected chi connectivity index (χ4v) is 7.05. The highest BCUT2D eigenvalue weighted by molar-refractivity contribution is 5.98. The van der Waals surface area contributed by atoms with Crippen LogP contribution < -0.4 is 30.2 Å². The summed E-state index contributed by atoms with van der Waals surface area (Å²) in [7, 11) is 3.22. The molecule has 1 amide bonds. The number of nitrogens with one attached hydrogen (secondary N) is 3. The number of pyridine rings is 2. The molecule has 0 aliphatic heterocycles. The molecule has 4 aromatic carbocycles. The Hall–Kier alpha value is -8.96. The minimum absolute atomic E-state index is 0.00505. The van der Waals surface area contributed by atoms with Gasteiger partial charge in [-0.2, -0.15) is 20.5 Å². The van der Waals surface area contributed by atoms with Gasteiger partial charge in [0.2, 0.25) is 11.9 Å². The van der Waals surface area contributed by atoms with E-state index in [1.807, 2.05) is 104 Å². The van der Waals surface area contributed by atoms with Crippen LogP contribution in [0, 0.1) is 29.6 Å². The molecule has 1 atom stereocenters. The van der Waals surface area contributed by atoms with Gasteiger partial charge in [-0.3, -0.25) is 9.59 Å². The van der Waals surface area contributed by atoms with Crippen molar-refractivity contribution < 1.29 is 28.9 Å². The third-order valence-electron chi connectivity index (χ3n) is 11.0. The Balaban J connectivity index is 0.000000205. The number of nitrogens with zero attached hydrogens (tertiary/aromatic N) is 8. The number of ether oxygens (including phenoxy) is 3. The molecule has 1 aliphatic rings. The highest BCUT2D eigenvalue weighted by Crippen LogP contribution is 2.31. The minimum Gasteiger partial charge on any atom is -0.496 e. The number of aromatic nitrogens is 6. The van der Waals surface area contributed by atoms with Gasteiger partial charge in [0, 0.05) is 59.5 Å². The maximum Gasteiger partial charge on any atom is 0.290 e. The van der Waals surface area contributed by atoms with Gasteiger partial charge in [-0.05, 0) is 109 Å². The lowest BCUT2D eigenvalue weighted by atomic mass is 9.96. The van der Waals surface area contributed by atoms with Gasteiger partial charge < -0.3 is 35.3 Å². The molecule has 17 nitrogen and oxygen atoms in total. The number of carbonyl (C=O) groups is 2. The van der Waals surface area contributed by atoms with Crippen LogP contribution in [0.1, 0.15) is 73.9 Å². The van der Waals surface area contributed by atoms with Crippen molar-refractivity contribution in [2.45, 2.75) is 65.3 Å². The minimum atomic E-state index is -0.250. The number of hydrogen-bond acceptors (Lipinski definition) is 13. The summed E-state index contributed by atoms with van der Waals surface area (Å²) in [5, 5.41) is 41.7. The molecule has 358 valence electrons. The van der Waals surface area contributed by atoms with E-state index in [1.54, 1.807) is 36.9 Å². The van der Waals surface area contributed by atoms with Gasteiger partial charge in [-0.1, -0.05) is 63.2 Å². The van der Waals surface area contributed by atoms with Crippen molar-refractivity contribution in [3.8, 4) is 51.6 Å². The Morgan fingerprint density at radius 1 is 0.786 bits per heavy atom. The monoisotopic (exact) mass is 941 g/mol. The molecule has 4 heterocycles. The number of aryl methyl sites for hydroxylation is 1. The van der Waals surface area contributed by atoms with Gasteiger partial charge in [0.15, 0.2) is 17.9 Å². The van der Waals surface area contributed by atoms with E-state index in [9.17, 15) is 4.79 Å². The number of rotatable bonds is 14. The number of carbonyl (C=O) groups excluding carboxylic acids is 1. The molecule has 0 saturated heterocycles. The summed E-state index contributed by atoms with van der Waals surface area (Å²) in [5.41, 5.74) is 10.1. The molecule has 1 aliphatic carbocycles. The molecular weight excluding hydrogens is 887 g/mol. The van der Waals surface area contributed by atoms with Crippen molar-refractivity contribution in [3.05, 3.63) is 138 Å². The Kier molecular flexibility index (Phi) is 17.8. The Morgan fingerprint density at radius 2 is 1.30 bits per heavy atom. The fourth-order valence-electron chi connectivity index (χ4n) is 7.05. The van der Waals surface area contributed by atoms with Crippen molar-refractivity contribution in [1.82, 2.24) is 34.5 Å². The third-order valence-corrected chi connectivity index (χ3v) is 11.0. The maximum atomic E-state index is 12.4. The van der Waals surface area contributed by atoms with E-state index in [-0.39, 0.29) is 25.0 Å². The summed E-state index contributed by atoms with van der Waals surface area (Å²) in [4.78, 5) is 30.2. The highest BCUT2D eigenvalue weighted by atomic mass is 16.5. The summed E-state index contributed by atoms with van der Waals surface area (Å²) in [5.74, 6) is 3.34. The Labute approximate surface area is 406 Å². The van der Waals surface area contributed by atoms with Crippen LogP contribution in [-0.4, -0.2) is 73.6 Å². The zero-order chi connectivity index (χ0) is 50.0. The first kappa shape index (κ1) is 50.5. The molecule has 0 radical (unpaired) electrons. The van der Waals surface area contributed by atoms with Crippen LogP contribution in [0.25, 0.3) is 33.5 Å². The van der Waals surface area contributed by atoms with Crippen molar-refractivity contribution in [2.75, 3.05) is 31.5 Å². The quantitative estimate of drug-likeness (QED) is 0.0744. The Morgan fingerprint density at radius 3 is 1.79 bits per heavy atom. The smallest absolute Gasteiger partial charge is 0.290 e. The summed E-state index contributed by atoms with van der Waals surface area (Å²) in [6.45, 7) is 8.07. The number of fused-ring (bicyclic) bond motifs is 2. The van der Waals surface area contributed by atoms with Gasteiger partial charge in [0.1, 0.15) is 23.3 Å². The number of nitriles is 2. The van der Waals surface area contributed by atoms with Gasteiger partial charge in [0.25, 0.3) is 12.4 Å². The van der Waals surface area contributed by atoms with Crippen LogP contribution in [0.15, 0.2) is 122 Å². The highest BCUT2D eigenvalue weighted by Gasteiger charge is 2.25. The number of benzene rings is 4. The largest absolute Gasteiger partial charge is 0.496 e. The van der Waals surface area contributed by atoms with Gasteiger partial charge in [0.05, 0.1) is 25.9 Å². The number of carboxylic acid groups (broad SMARTS) is 1. The second kappa shape index (κ2) is 24.7. The first-order valence-corrected chi connectivity index (χ1v) is 22.6. The molecule has 70 heavy (non-hydrogen) atoms. The first-order valence-electron chi connectivity index (χ1n) is 22.6. The van der Waals surface area contributed by atoms with Crippen molar-refractivity contribution in [3.63, 3.8) is 0 Å². The SMILES string of the molecule is CCC#N.CCC(C)c1ccc(-c2cccn3nc(Nc4ccc(C)c(OC)c4)nc23)cc1.COc1cc(Nc2nc3c(-c4ccc(OCC#N)cc4)cccn3n2)ccc1C(=O)NC1CC1.O=CO. The van der Waals surface area contributed by atoms with E-state index in [4.69, 9.17) is 39.6 Å². The van der Waals surface area contributed by atoms with Crippen LogP contribution in [-0.2, 0) is 4.79 Å². The summed E-state index contributed by atoms with van der Waals surface area (Å²) in [6, 6.07) is 39.6. The lowest BCUT2D eigenvalue weighted by Gasteiger charge is -2.11. The van der Waals surface area contributed by atoms with Crippen LogP contribution >= 0.6 is 0 Å². The van der Waals surface area contributed by atoms with E-state index in [1.165, 1.54) is 5.56 Å². The third kappa shape index (κ3) is 13.1. The second-order valence-corrected chi connectivity index (χ2v) is 15.9. The molecule has 1 unspecified atom stereocenters. The average molecular weight is 942 g/mol. The van der Waals surface area contributed by atoms with E-state index in [2.05, 4.69) is 75.3 Å². The predicted octanol–water partition coefficient (Wildman–Crippen LogP) is 10.5. The molecule has 4 N–H and O–H groups in total. The zero-order valence-corrected chi connectivity index (χ0v) is 39.9. The van der Waals surface area contributed by atoms with Crippen LogP contribution in [0.4, 0.5) is 23.3 Å². The number of hydrogen-bond donors (Lipinski definition) is 4. The molecule has 4 aromatic heterocycles. The molecule has 9 rings (SSSR count). The van der Waals surface area contributed by atoms with Crippen LogP contribution in [0.3, 0.4) is 0 Å². The second-order valence-electron chi connectivity index (χ2n) is 15.9. The summed E-state index contributed by atoms with van der Waals surface area (Å²) in [6.07, 6.45) is 7.55. The standard InChI is InChI=1S/C25H22N6O3.C24H26N4O.C3H5N.CH2O2/c1-33-22-15-18(8-11-21(22)24(32)27-17-6-7-17)28-25-29-23-20(3-2-13-31(23)30-25)16-4-9-19(10-5-16)34-14-12-26;1-5-16(2)18-9-11-19(12-10-18)21-7-6-14-28-23(21)26-24(27-28)25-20-13-8-17(3)22(15-20)29-4;1-2-3-4;2-1-3/h2-5,8-11,13,15,17H,6-7,14H2,1H3,(H,27,32)(H,28,30);6-16H,5H2,1-4H3,(H,25,27);2H2,1H3;1H,(H,2,3). The Bertz CT molecular complexity index is 3100. The van der Waals surface area contributed by atoms with Crippen molar-refractivity contribution in [1.29, 1.82) is 10.5 Å². The van der Waals surface area contributed by atoms with E-state index in [0.717, 1.165) is 64.2 Å². The fraction of sp³-hybridized carbons (Fsp3) is 0.245. The molecule has 17 heteroatoms. The van der Waals surface area contributed by atoms with Gasteiger partial charge in [-0.25, -0.2) is 9.03 Å². The maximum absolute atomic E-state index is 12.4. The molecule has 8 aromatic rings. The molecular formula is C53H55N11O6. The zero-order valence-electron chi connectivity index (χ0n) is 39.9. The van der Waals surface area contributed by atoms with E-state index < -0.39 is 0 Å². The van der Waals surface area contributed by atoms with Crippen molar-refractivity contribution in [2.24, 2.45) is 0 Å². The topological polar surface area (TPSA) is 226 Å². The van der Waals surface area contributed by atoms with Crippen LogP contribution in [0.5, 0.6) is 17.2 Å². The molecule has 1 saturated carbocycles. The lowest BCUT2D eigenvalue weighted by molar-refractivity contribution is -0.122. The first-order chi connectivity index (χ1) is 34.1. The predicted molar refractivity (Wildman–Crippen MR) is 269 cm³/mol. The van der Waals surface area contributed by atoms with Gasteiger partial charge in [-0.15, -0.1) is 10.2 Å². The molecule has 1 fully saturated rings. The van der Waals surface area contributed by atoms with Gasteiger partial charge >= 0.3 is 0 Å². The van der Waals surface area contributed by atoms with Crippen molar-refractivity contribution >= 4 is 46.9 Å². The number of methoxy groups -OCH3 is 2. The average Bonchev–Trinajstić information content (AvgIpc) is 3.95. The number of anilines is 4. The van der Waals surface area contributed by atoms with E-state index in [0.29, 0.717) is 52.6 Å². The molecule has 0 bridgehead atoms. The lowest BCUT2D eigenvalue weighted by Crippen LogP contribution is -2.25. The summed E-state index contributed by atoms with van der Waals surface area (Å²) >= 11 is 0. The summed E-state index contributed by atoms with van der Waals surface area (Å²) < 4.78 is 19.7. The van der Waals surface area contributed by atoms with Crippen LogP contribution in [0.2, 0.25) is 0 Å². The molecule has 0 spiro atoms.